The number of carbonyl (C=O) groups is 1. The van der Waals surface area contributed by atoms with Gasteiger partial charge in [0.15, 0.2) is 0 Å². The van der Waals surface area contributed by atoms with E-state index < -0.39 is 5.91 Å². The van der Waals surface area contributed by atoms with Crippen LogP contribution in [0.4, 0.5) is 15.8 Å². The summed E-state index contributed by atoms with van der Waals surface area (Å²) in [6, 6.07) is 14.6. The van der Waals surface area contributed by atoms with Crippen molar-refractivity contribution in [1.82, 2.24) is 4.98 Å². The second kappa shape index (κ2) is 8.17. The standard InChI is InChI=1S/C19H14Cl2FN3O/c20-13-5-7-17(15(21)9-13)25-19(26)18-8-6-14(11-24-18)23-10-12-3-1-2-4-16(12)22/h1-9,11,23H,10H2,(H,25,26). The minimum atomic E-state index is -0.394. The van der Waals surface area contributed by atoms with E-state index in [2.05, 4.69) is 15.6 Å². The normalized spacial score (nSPS) is 10.4. The van der Waals surface area contributed by atoms with Gasteiger partial charge in [0, 0.05) is 17.1 Å². The van der Waals surface area contributed by atoms with Crippen LogP contribution in [0.3, 0.4) is 0 Å². The summed E-state index contributed by atoms with van der Waals surface area (Å²) in [6.45, 7) is 0.320. The molecule has 4 nitrogen and oxygen atoms in total. The van der Waals surface area contributed by atoms with Gasteiger partial charge in [-0.25, -0.2) is 9.37 Å². The molecule has 132 valence electrons. The summed E-state index contributed by atoms with van der Waals surface area (Å²) in [5.41, 5.74) is 1.90. The van der Waals surface area contributed by atoms with Gasteiger partial charge in [-0.15, -0.1) is 0 Å². The monoisotopic (exact) mass is 389 g/mol. The van der Waals surface area contributed by atoms with Crippen LogP contribution < -0.4 is 10.6 Å². The summed E-state index contributed by atoms with van der Waals surface area (Å²) in [7, 11) is 0. The van der Waals surface area contributed by atoms with Gasteiger partial charge in [-0.1, -0.05) is 41.4 Å². The lowest BCUT2D eigenvalue weighted by molar-refractivity contribution is 0.102. The van der Waals surface area contributed by atoms with Crippen molar-refractivity contribution in [2.75, 3.05) is 10.6 Å². The molecule has 0 saturated heterocycles. The fourth-order valence-electron chi connectivity index (χ4n) is 2.25. The van der Waals surface area contributed by atoms with Gasteiger partial charge < -0.3 is 10.6 Å². The molecular weight excluding hydrogens is 376 g/mol. The van der Waals surface area contributed by atoms with Gasteiger partial charge in [0.1, 0.15) is 11.5 Å². The number of nitrogens with zero attached hydrogens (tertiary/aromatic N) is 1. The summed E-state index contributed by atoms with van der Waals surface area (Å²) >= 11 is 11.9. The Morgan fingerprint density at radius 2 is 1.88 bits per heavy atom. The molecule has 26 heavy (non-hydrogen) atoms. The van der Waals surface area contributed by atoms with Crippen LogP contribution in [0.25, 0.3) is 0 Å². The number of anilines is 2. The van der Waals surface area contributed by atoms with Gasteiger partial charge in [-0.2, -0.15) is 0 Å². The number of halogens is 3. The Kier molecular flexibility index (Phi) is 5.71. The second-order valence-corrected chi connectivity index (χ2v) is 6.30. The SMILES string of the molecule is O=C(Nc1ccc(Cl)cc1Cl)c1ccc(NCc2ccccc2F)cn1. The highest BCUT2D eigenvalue weighted by molar-refractivity contribution is 6.36. The molecule has 7 heteroatoms. The zero-order valence-electron chi connectivity index (χ0n) is 13.5. The van der Waals surface area contributed by atoms with Gasteiger partial charge in [0.05, 0.1) is 22.6 Å². The Morgan fingerprint density at radius 3 is 2.58 bits per heavy atom. The topological polar surface area (TPSA) is 54.0 Å². The summed E-state index contributed by atoms with van der Waals surface area (Å²) in [5.74, 6) is -0.668. The third-order valence-corrected chi connectivity index (χ3v) is 4.16. The molecule has 0 spiro atoms. The molecule has 1 heterocycles. The maximum Gasteiger partial charge on any atom is 0.274 e. The number of amides is 1. The van der Waals surface area contributed by atoms with Crippen molar-refractivity contribution in [3.05, 3.63) is 87.9 Å². The Labute approximate surface area is 160 Å². The predicted octanol–water partition coefficient (Wildman–Crippen LogP) is 5.39. The first-order valence-corrected chi connectivity index (χ1v) is 8.48. The number of rotatable bonds is 5. The molecule has 0 saturated carbocycles. The van der Waals surface area contributed by atoms with Crippen LogP contribution in [0.5, 0.6) is 0 Å². The average molecular weight is 390 g/mol. The van der Waals surface area contributed by atoms with E-state index in [1.54, 1.807) is 48.5 Å². The third kappa shape index (κ3) is 4.50. The molecule has 0 atom stereocenters. The number of hydrogen-bond donors (Lipinski definition) is 2. The van der Waals surface area contributed by atoms with E-state index in [1.807, 2.05) is 0 Å². The summed E-state index contributed by atoms with van der Waals surface area (Å²) in [6.07, 6.45) is 1.51. The van der Waals surface area contributed by atoms with E-state index in [1.165, 1.54) is 12.3 Å². The number of carbonyl (C=O) groups excluding carboxylic acids is 1. The minimum Gasteiger partial charge on any atom is -0.380 e. The Hall–Kier alpha value is -2.63. The van der Waals surface area contributed by atoms with E-state index >= 15 is 0 Å². The molecule has 0 aliphatic rings. The molecule has 0 fully saturated rings. The molecular formula is C19H14Cl2FN3O. The summed E-state index contributed by atoms with van der Waals surface area (Å²) < 4.78 is 13.6. The molecule has 2 aromatic carbocycles. The van der Waals surface area contributed by atoms with Crippen LogP contribution in [0.1, 0.15) is 16.1 Å². The zero-order valence-corrected chi connectivity index (χ0v) is 15.0. The first-order valence-electron chi connectivity index (χ1n) is 7.72. The highest BCUT2D eigenvalue weighted by atomic mass is 35.5. The Bertz CT molecular complexity index is 932. The molecule has 3 rings (SSSR count). The number of pyridine rings is 1. The predicted molar refractivity (Wildman–Crippen MR) is 102 cm³/mol. The molecule has 1 aromatic heterocycles. The van der Waals surface area contributed by atoms with Gasteiger partial charge in [-0.05, 0) is 36.4 Å². The van der Waals surface area contributed by atoms with E-state index in [-0.39, 0.29) is 11.5 Å². The smallest absolute Gasteiger partial charge is 0.274 e. The largest absolute Gasteiger partial charge is 0.380 e. The number of aromatic nitrogens is 1. The maximum absolute atomic E-state index is 13.6. The fourth-order valence-corrected chi connectivity index (χ4v) is 2.70. The fraction of sp³-hybridized carbons (Fsp3) is 0.0526. The van der Waals surface area contributed by atoms with Crippen LogP contribution >= 0.6 is 23.2 Å². The van der Waals surface area contributed by atoms with Crippen molar-refractivity contribution in [3.63, 3.8) is 0 Å². The Balaban J connectivity index is 1.63. The number of nitrogens with one attached hydrogen (secondary N) is 2. The lowest BCUT2D eigenvalue weighted by atomic mass is 10.2. The highest BCUT2D eigenvalue weighted by Gasteiger charge is 2.10. The lowest BCUT2D eigenvalue weighted by Gasteiger charge is -2.09. The van der Waals surface area contributed by atoms with Crippen molar-refractivity contribution in [2.45, 2.75) is 6.54 Å². The Morgan fingerprint density at radius 1 is 1.08 bits per heavy atom. The van der Waals surface area contributed by atoms with E-state index in [0.29, 0.717) is 33.5 Å². The number of hydrogen-bond acceptors (Lipinski definition) is 3. The van der Waals surface area contributed by atoms with Crippen molar-refractivity contribution in [3.8, 4) is 0 Å². The molecule has 0 aliphatic heterocycles. The third-order valence-electron chi connectivity index (χ3n) is 3.62. The van der Waals surface area contributed by atoms with Gasteiger partial charge in [-0.3, -0.25) is 4.79 Å². The zero-order chi connectivity index (χ0) is 18.5. The van der Waals surface area contributed by atoms with Crippen molar-refractivity contribution in [2.24, 2.45) is 0 Å². The van der Waals surface area contributed by atoms with Crippen LogP contribution in [0.15, 0.2) is 60.8 Å². The quantitative estimate of drug-likeness (QED) is 0.614. The van der Waals surface area contributed by atoms with Crippen LogP contribution in [-0.4, -0.2) is 10.9 Å². The first-order chi connectivity index (χ1) is 12.5. The number of benzene rings is 2. The lowest BCUT2D eigenvalue weighted by Crippen LogP contribution is -2.14. The molecule has 0 radical (unpaired) electrons. The molecule has 1 amide bonds. The van der Waals surface area contributed by atoms with E-state index in [9.17, 15) is 9.18 Å². The van der Waals surface area contributed by atoms with Gasteiger partial charge in [0.25, 0.3) is 5.91 Å². The second-order valence-electron chi connectivity index (χ2n) is 5.46. The van der Waals surface area contributed by atoms with Crippen molar-refractivity contribution in [1.29, 1.82) is 0 Å². The van der Waals surface area contributed by atoms with Crippen molar-refractivity contribution < 1.29 is 9.18 Å². The van der Waals surface area contributed by atoms with Crippen LogP contribution in [0.2, 0.25) is 10.0 Å². The minimum absolute atomic E-state index is 0.229. The summed E-state index contributed by atoms with van der Waals surface area (Å²) in [5, 5.41) is 6.56. The molecule has 0 unspecified atom stereocenters. The average Bonchev–Trinajstić information content (AvgIpc) is 2.64. The van der Waals surface area contributed by atoms with E-state index in [0.717, 1.165) is 0 Å². The summed E-state index contributed by atoms with van der Waals surface area (Å²) in [4.78, 5) is 16.4. The molecule has 0 bridgehead atoms. The van der Waals surface area contributed by atoms with Crippen molar-refractivity contribution >= 4 is 40.5 Å². The van der Waals surface area contributed by atoms with E-state index in [4.69, 9.17) is 23.2 Å². The van der Waals surface area contributed by atoms with Crippen LogP contribution in [0, 0.1) is 5.82 Å². The maximum atomic E-state index is 13.6. The molecule has 2 N–H and O–H groups in total. The van der Waals surface area contributed by atoms with Crippen LogP contribution in [-0.2, 0) is 6.54 Å². The molecule has 0 aliphatic carbocycles. The van der Waals surface area contributed by atoms with Gasteiger partial charge >= 0.3 is 0 Å². The first kappa shape index (κ1) is 18.2. The highest BCUT2D eigenvalue weighted by Crippen LogP contribution is 2.25. The molecule has 3 aromatic rings. The van der Waals surface area contributed by atoms with Gasteiger partial charge in [0.2, 0.25) is 0 Å².